The number of hydrogen-bond donors (Lipinski definition) is 3. The fourth-order valence-corrected chi connectivity index (χ4v) is 2.83. The number of carbonyl (C=O) groups is 2. The molecule has 0 aliphatic heterocycles. The van der Waals surface area contributed by atoms with Crippen LogP contribution < -0.4 is 5.32 Å². The Balaban J connectivity index is 1.85. The second-order valence-electron chi connectivity index (χ2n) is 4.90. The van der Waals surface area contributed by atoms with Gasteiger partial charge in [-0.25, -0.2) is 4.79 Å². The van der Waals surface area contributed by atoms with Crippen LogP contribution in [-0.2, 0) is 0 Å². The fourth-order valence-electron chi connectivity index (χ4n) is 2.26. The van der Waals surface area contributed by atoms with Gasteiger partial charge in [0.05, 0.1) is 21.3 Å². The number of carboxylic acid groups (broad SMARTS) is 1. The zero-order valence-electron chi connectivity index (χ0n) is 12.1. The average molecular weight is 364 g/mol. The molecule has 2 aromatic heterocycles. The molecular weight excluding hydrogens is 353 g/mol. The van der Waals surface area contributed by atoms with Crippen LogP contribution in [0.1, 0.15) is 20.7 Å². The highest BCUT2D eigenvalue weighted by Crippen LogP contribution is 2.25. The first-order valence-corrected chi connectivity index (χ1v) is 7.57. The number of aromatic nitrogens is 2. The molecule has 0 radical (unpaired) electrons. The Bertz CT molecular complexity index is 910. The number of hydrogen-bond acceptors (Lipinski definition) is 2. The summed E-state index contributed by atoms with van der Waals surface area (Å²) in [6.07, 6.45) is 4.74. The zero-order valence-corrected chi connectivity index (χ0v) is 13.6. The number of carboxylic acids is 1. The summed E-state index contributed by atoms with van der Waals surface area (Å²) in [5, 5.41) is 12.3. The fraction of sp³-hybridized carbons (Fsp3) is 0. The summed E-state index contributed by atoms with van der Waals surface area (Å²) in [5.41, 5.74) is 0.777. The maximum atomic E-state index is 12.3. The summed E-state index contributed by atoms with van der Waals surface area (Å²) in [4.78, 5) is 26.4. The second-order valence-corrected chi connectivity index (χ2v) is 5.72. The molecule has 0 bridgehead atoms. The molecule has 0 aliphatic rings. The van der Waals surface area contributed by atoms with E-state index in [2.05, 4.69) is 10.3 Å². The van der Waals surface area contributed by atoms with Gasteiger partial charge in [-0.15, -0.1) is 0 Å². The summed E-state index contributed by atoms with van der Waals surface area (Å²) in [6, 6.07) is 7.89. The van der Waals surface area contributed by atoms with E-state index in [-0.39, 0.29) is 21.2 Å². The molecule has 0 unspecified atom stereocenters. The quantitative estimate of drug-likeness (QED) is 0.652. The Labute approximate surface area is 146 Å². The molecule has 0 atom stereocenters. The zero-order chi connectivity index (χ0) is 17.3. The van der Waals surface area contributed by atoms with E-state index in [0.29, 0.717) is 11.5 Å². The SMILES string of the molecule is O=C(O)c1cc[nH]c1-n1ccc(NC(=O)c2c(Cl)cccc2Cl)c1. The number of amides is 1. The highest BCUT2D eigenvalue weighted by molar-refractivity contribution is 6.40. The van der Waals surface area contributed by atoms with E-state index in [1.165, 1.54) is 12.3 Å². The largest absolute Gasteiger partial charge is 0.478 e. The van der Waals surface area contributed by atoms with Crippen molar-refractivity contribution in [2.24, 2.45) is 0 Å². The van der Waals surface area contributed by atoms with Crippen molar-refractivity contribution < 1.29 is 14.7 Å². The summed E-state index contributed by atoms with van der Waals surface area (Å²) in [7, 11) is 0. The van der Waals surface area contributed by atoms with Crippen LogP contribution in [0, 0.1) is 0 Å². The lowest BCUT2D eigenvalue weighted by Crippen LogP contribution is -2.12. The third kappa shape index (κ3) is 3.02. The van der Waals surface area contributed by atoms with Crippen LogP contribution in [0.4, 0.5) is 5.69 Å². The molecule has 1 aromatic carbocycles. The van der Waals surface area contributed by atoms with Crippen molar-refractivity contribution in [3.63, 3.8) is 0 Å². The number of nitrogens with one attached hydrogen (secondary N) is 2. The predicted octanol–water partition coefficient (Wildman–Crippen LogP) is 4.06. The van der Waals surface area contributed by atoms with Gasteiger partial charge in [0, 0.05) is 18.6 Å². The van der Waals surface area contributed by atoms with Gasteiger partial charge in [-0.05, 0) is 24.3 Å². The van der Waals surface area contributed by atoms with Crippen LogP contribution in [0.2, 0.25) is 10.0 Å². The smallest absolute Gasteiger partial charge is 0.339 e. The number of aromatic carboxylic acids is 1. The van der Waals surface area contributed by atoms with Crippen molar-refractivity contribution in [2.75, 3.05) is 5.32 Å². The minimum absolute atomic E-state index is 0.123. The normalized spacial score (nSPS) is 10.6. The average Bonchev–Trinajstić information content (AvgIpc) is 3.15. The van der Waals surface area contributed by atoms with Crippen LogP contribution in [0.3, 0.4) is 0 Å². The van der Waals surface area contributed by atoms with Crippen molar-refractivity contribution in [2.45, 2.75) is 0 Å². The van der Waals surface area contributed by atoms with Crippen molar-refractivity contribution in [1.82, 2.24) is 9.55 Å². The first-order valence-electron chi connectivity index (χ1n) is 6.82. The van der Waals surface area contributed by atoms with Crippen molar-refractivity contribution in [3.8, 4) is 5.82 Å². The molecule has 3 rings (SSSR count). The number of carbonyl (C=O) groups excluding carboxylic acids is 1. The van der Waals surface area contributed by atoms with Gasteiger partial charge in [0.2, 0.25) is 0 Å². The molecule has 8 heteroatoms. The lowest BCUT2D eigenvalue weighted by Gasteiger charge is -2.07. The number of nitrogens with zero attached hydrogens (tertiary/aromatic N) is 1. The molecule has 3 aromatic rings. The van der Waals surface area contributed by atoms with E-state index in [0.717, 1.165) is 0 Å². The minimum atomic E-state index is -1.05. The molecule has 122 valence electrons. The standard InChI is InChI=1S/C16H11Cl2N3O3/c17-11-2-1-3-12(18)13(11)15(22)20-9-5-7-21(8-9)14-10(16(23)24)4-6-19-14/h1-8,19H,(H,20,22)(H,23,24). The van der Waals surface area contributed by atoms with E-state index >= 15 is 0 Å². The molecule has 6 nitrogen and oxygen atoms in total. The molecule has 2 heterocycles. The highest BCUT2D eigenvalue weighted by atomic mass is 35.5. The topological polar surface area (TPSA) is 87.1 Å². The highest BCUT2D eigenvalue weighted by Gasteiger charge is 2.16. The van der Waals surface area contributed by atoms with Crippen molar-refractivity contribution in [1.29, 1.82) is 0 Å². The van der Waals surface area contributed by atoms with Gasteiger partial charge in [-0.2, -0.15) is 0 Å². The summed E-state index contributed by atoms with van der Waals surface area (Å²) in [5.74, 6) is -1.11. The molecule has 24 heavy (non-hydrogen) atoms. The van der Waals surface area contributed by atoms with Gasteiger partial charge >= 0.3 is 5.97 Å². The van der Waals surface area contributed by atoms with Crippen LogP contribution >= 0.6 is 23.2 Å². The predicted molar refractivity (Wildman–Crippen MR) is 91.5 cm³/mol. The minimum Gasteiger partial charge on any atom is -0.478 e. The number of rotatable bonds is 4. The molecule has 0 fully saturated rings. The lowest BCUT2D eigenvalue weighted by molar-refractivity contribution is 0.0697. The van der Waals surface area contributed by atoms with Crippen molar-refractivity contribution >= 4 is 40.8 Å². The summed E-state index contributed by atoms with van der Waals surface area (Å²) in [6.45, 7) is 0. The third-order valence-electron chi connectivity index (χ3n) is 3.35. The monoisotopic (exact) mass is 363 g/mol. The third-order valence-corrected chi connectivity index (χ3v) is 3.98. The molecule has 0 aliphatic carbocycles. The van der Waals surface area contributed by atoms with E-state index < -0.39 is 11.9 Å². The van der Waals surface area contributed by atoms with Crippen molar-refractivity contribution in [3.05, 3.63) is 70.1 Å². The van der Waals surface area contributed by atoms with E-state index in [4.69, 9.17) is 28.3 Å². The van der Waals surface area contributed by atoms with Crippen LogP contribution in [0.5, 0.6) is 0 Å². The lowest BCUT2D eigenvalue weighted by atomic mass is 10.2. The van der Waals surface area contributed by atoms with E-state index in [1.54, 1.807) is 41.2 Å². The van der Waals surface area contributed by atoms with E-state index in [9.17, 15) is 9.59 Å². The Morgan fingerprint density at radius 3 is 2.50 bits per heavy atom. The number of anilines is 1. The maximum Gasteiger partial charge on any atom is 0.339 e. The van der Waals surface area contributed by atoms with Gasteiger partial charge in [-0.3, -0.25) is 4.79 Å². The van der Waals surface area contributed by atoms with Gasteiger partial charge in [0.25, 0.3) is 5.91 Å². The van der Waals surface area contributed by atoms with Gasteiger partial charge in [0.15, 0.2) is 0 Å². The van der Waals surface area contributed by atoms with Crippen LogP contribution in [-0.4, -0.2) is 26.5 Å². The van der Waals surface area contributed by atoms with Gasteiger partial charge < -0.3 is 20.0 Å². The second kappa shape index (κ2) is 6.43. The number of aromatic amines is 1. The van der Waals surface area contributed by atoms with Gasteiger partial charge in [0.1, 0.15) is 11.4 Å². The first kappa shape index (κ1) is 16.2. The molecule has 0 saturated carbocycles. The molecule has 1 amide bonds. The van der Waals surface area contributed by atoms with Crippen LogP contribution in [0.15, 0.2) is 48.9 Å². The molecule has 0 spiro atoms. The number of halogens is 2. The first-order chi connectivity index (χ1) is 11.5. The van der Waals surface area contributed by atoms with Crippen LogP contribution in [0.25, 0.3) is 5.82 Å². The van der Waals surface area contributed by atoms with Gasteiger partial charge in [-0.1, -0.05) is 29.3 Å². The number of H-pyrrole nitrogens is 1. The molecule has 3 N–H and O–H groups in total. The Morgan fingerprint density at radius 2 is 1.83 bits per heavy atom. The maximum absolute atomic E-state index is 12.3. The Kier molecular flexibility index (Phi) is 4.33. The molecular formula is C16H11Cl2N3O3. The summed E-state index contributed by atoms with van der Waals surface area (Å²) < 4.78 is 1.56. The van der Waals surface area contributed by atoms with E-state index in [1.807, 2.05) is 0 Å². The molecule has 0 saturated heterocycles. The Hall–Kier alpha value is -2.70. The Morgan fingerprint density at radius 1 is 1.12 bits per heavy atom. The summed E-state index contributed by atoms with van der Waals surface area (Å²) >= 11 is 12.0. The number of benzene rings is 1.